The summed E-state index contributed by atoms with van der Waals surface area (Å²) >= 11 is 0. The lowest BCUT2D eigenvalue weighted by Gasteiger charge is -2.20. The van der Waals surface area contributed by atoms with Gasteiger partial charge in [-0.2, -0.15) is 5.10 Å². The van der Waals surface area contributed by atoms with Crippen molar-refractivity contribution < 1.29 is 25.6 Å². The number of carbonyl (C=O) groups excluding carboxylic acids is 2. The van der Waals surface area contributed by atoms with E-state index in [1.54, 1.807) is 30.5 Å². The minimum atomic E-state index is -1.14. The Kier molecular flexibility index (Phi) is 5.52. The number of pyridine rings is 1. The molecule has 2 heterocycles. The highest BCUT2D eigenvalue weighted by Crippen LogP contribution is 2.28. The van der Waals surface area contributed by atoms with Crippen molar-refractivity contribution in [2.45, 2.75) is 13.8 Å². The number of benzene rings is 1. The molecule has 0 aliphatic heterocycles. The zero-order valence-electron chi connectivity index (χ0n) is 18.3. The Morgan fingerprint density at radius 3 is 2.68 bits per heavy atom. The number of fused-ring (bicyclic) bond motifs is 1. The van der Waals surface area contributed by atoms with Gasteiger partial charge >= 0.3 is 5.97 Å². The van der Waals surface area contributed by atoms with Crippen LogP contribution in [-0.4, -0.2) is 58.7 Å². The fraction of sp³-hybridized carbons (Fsp3) is 0.286. The predicted molar refractivity (Wildman–Crippen MR) is 113 cm³/mol. The van der Waals surface area contributed by atoms with E-state index in [0.717, 1.165) is 0 Å². The molecule has 162 valence electrons. The molecule has 0 radical (unpaired) electrons. The number of aliphatic carboxylic acids is 1. The first kappa shape index (κ1) is 20.3. The zero-order valence-corrected chi connectivity index (χ0v) is 17.3. The number of H-pyrrole nitrogens is 1. The molecule has 31 heavy (non-hydrogen) atoms. The van der Waals surface area contributed by atoms with Crippen LogP contribution in [0.2, 0.25) is 0 Å². The van der Waals surface area contributed by atoms with E-state index in [9.17, 15) is 19.5 Å². The fourth-order valence-electron chi connectivity index (χ4n) is 2.86. The van der Waals surface area contributed by atoms with Crippen LogP contribution in [-0.2, 0) is 4.79 Å². The molecular formula is C21H23N5O5. The molecule has 0 saturated heterocycles. The average Bonchev–Trinajstić information content (AvgIpc) is 3.20. The normalized spacial score (nSPS) is 11.6. The summed E-state index contributed by atoms with van der Waals surface area (Å²) in [5.41, 5.74) is 1.14. The van der Waals surface area contributed by atoms with E-state index in [0.29, 0.717) is 22.0 Å². The highest BCUT2D eigenvalue weighted by atomic mass is 16.5. The Balaban J connectivity index is 1.92. The van der Waals surface area contributed by atoms with E-state index >= 15 is 0 Å². The number of ether oxygens (including phenoxy) is 1. The van der Waals surface area contributed by atoms with Crippen molar-refractivity contribution in [3.63, 3.8) is 0 Å². The van der Waals surface area contributed by atoms with E-state index in [1.165, 1.54) is 21.0 Å². The van der Waals surface area contributed by atoms with Gasteiger partial charge in [-0.15, -0.1) is 0 Å². The molecule has 2 amide bonds. The highest BCUT2D eigenvalue weighted by Gasteiger charge is 2.28. The van der Waals surface area contributed by atoms with Gasteiger partial charge in [0.25, 0.3) is 11.8 Å². The minimum Gasteiger partial charge on any atom is -0.481 e. The number of carboxylic acids is 1. The standard InChI is InChI=1S/C21H23N5O5/c1-21(2,20(29)30)10-24-17(27)14-7-12(9-23-19(14)31-4)11-5-6-13-15(8-11)25-26-16(13)18(28)22-3/h5-9H,10H2,1-4H3,(H,22,28)(H,24,27)(H,25,26)(H,29,30)/i3D. The summed E-state index contributed by atoms with van der Waals surface area (Å²) in [7, 11) is 1.14. The van der Waals surface area contributed by atoms with Crippen LogP contribution in [0.4, 0.5) is 0 Å². The van der Waals surface area contributed by atoms with Gasteiger partial charge in [0.1, 0.15) is 5.56 Å². The van der Waals surface area contributed by atoms with Crippen LogP contribution in [0.25, 0.3) is 22.0 Å². The van der Waals surface area contributed by atoms with Gasteiger partial charge in [0.15, 0.2) is 5.69 Å². The quantitative estimate of drug-likeness (QED) is 0.451. The third-order valence-corrected chi connectivity index (χ3v) is 4.83. The van der Waals surface area contributed by atoms with Crippen LogP contribution in [0.5, 0.6) is 5.88 Å². The maximum Gasteiger partial charge on any atom is 0.310 e. The summed E-state index contributed by atoms with van der Waals surface area (Å²) in [4.78, 5) is 40.2. The number of aromatic nitrogens is 3. The van der Waals surface area contributed by atoms with E-state index in [-0.39, 0.29) is 30.7 Å². The lowest BCUT2D eigenvalue weighted by Crippen LogP contribution is -2.39. The fourth-order valence-corrected chi connectivity index (χ4v) is 2.86. The number of nitrogens with zero attached hydrogens (tertiary/aromatic N) is 2. The number of nitrogens with one attached hydrogen (secondary N) is 3. The SMILES string of the molecule is [2H]CNC(=O)c1n[nH]c2cc(-c3cnc(OC)c(C(=O)NCC(C)(C)C(=O)O)c3)ccc12. The van der Waals surface area contributed by atoms with E-state index in [1.807, 2.05) is 0 Å². The van der Waals surface area contributed by atoms with Crippen molar-refractivity contribution in [1.82, 2.24) is 25.8 Å². The molecule has 3 aromatic rings. The summed E-state index contributed by atoms with van der Waals surface area (Å²) < 4.78 is 12.3. The van der Waals surface area contributed by atoms with E-state index in [4.69, 9.17) is 6.11 Å². The molecule has 0 unspecified atom stereocenters. The van der Waals surface area contributed by atoms with Gasteiger partial charge < -0.3 is 20.5 Å². The Morgan fingerprint density at radius 2 is 2.00 bits per heavy atom. The lowest BCUT2D eigenvalue weighted by atomic mass is 9.94. The monoisotopic (exact) mass is 426 g/mol. The van der Waals surface area contributed by atoms with Crippen LogP contribution in [0, 0.1) is 5.41 Å². The predicted octanol–water partition coefficient (Wildman–Crippen LogP) is 1.83. The van der Waals surface area contributed by atoms with Crippen LogP contribution in [0.1, 0.15) is 36.1 Å². The summed E-state index contributed by atoms with van der Waals surface area (Å²) in [5.74, 6) is -1.88. The minimum absolute atomic E-state index is 0.0716. The first-order chi connectivity index (χ1) is 15.2. The Labute approximate surface area is 179 Å². The highest BCUT2D eigenvalue weighted by molar-refractivity contribution is 6.05. The first-order valence-electron chi connectivity index (χ1n) is 10.00. The summed E-state index contributed by atoms with van der Waals surface area (Å²) in [6.45, 7) is 2.96. The molecule has 3 rings (SSSR count). The zero-order chi connectivity index (χ0) is 23.5. The molecule has 10 nitrogen and oxygen atoms in total. The van der Waals surface area contributed by atoms with Crippen molar-refractivity contribution in [2.24, 2.45) is 5.41 Å². The molecule has 4 N–H and O–H groups in total. The molecule has 10 heteroatoms. The lowest BCUT2D eigenvalue weighted by molar-refractivity contribution is -0.146. The van der Waals surface area contributed by atoms with Crippen molar-refractivity contribution >= 4 is 28.7 Å². The third-order valence-electron chi connectivity index (χ3n) is 4.83. The summed E-state index contributed by atoms with van der Waals surface area (Å²) in [6, 6.07) is 6.83. The van der Waals surface area contributed by atoms with Gasteiger partial charge in [0, 0.05) is 32.1 Å². The Bertz CT molecular complexity index is 1190. The van der Waals surface area contributed by atoms with Gasteiger partial charge in [-0.05, 0) is 37.6 Å². The molecule has 0 aliphatic carbocycles. The van der Waals surface area contributed by atoms with Crippen LogP contribution in [0.15, 0.2) is 30.5 Å². The molecule has 0 aliphatic rings. The second-order valence-corrected chi connectivity index (χ2v) is 7.49. The van der Waals surface area contributed by atoms with Gasteiger partial charge in [-0.3, -0.25) is 19.5 Å². The Morgan fingerprint density at radius 1 is 1.23 bits per heavy atom. The molecule has 0 spiro atoms. The van der Waals surface area contributed by atoms with E-state index < -0.39 is 23.2 Å². The Hall–Kier alpha value is -3.95. The number of methoxy groups -OCH3 is 1. The van der Waals surface area contributed by atoms with Gasteiger partial charge in [0.05, 0.1) is 18.0 Å². The number of amides is 2. The molecule has 1 aromatic carbocycles. The molecule has 0 bridgehead atoms. The number of carboxylic acid groups (broad SMARTS) is 1. The van der Waals surface area contributed by atoms with Crippen LogP contribution in [0.3, 0.4) is 0 Å². The molecule has 0 fully saturated rings. The smallest absolute Gasteiger partial charge is 0.310 e. The molecule has 0 atom stereocenters. The van der Waals surface area contributed by atoms with Crippen molar-refractivity contribution in [3.8, 4) is 17.0 Å². The second-order valence-electron chi connectivity index (χ2n) is 7.49. The summed E-state index contributed by atoms with van der Waals surface area (Å²) in [6.07, 6.45) is 1.54. The van der Waals surface area contributed by atoms with Crippen LogP contribution < -0.4 is 15.4 Å². The number of carbonyl (C=O) groups is 3. The second kappa shape index (κ2) is 8.42. The maximum atomic E-state index is 12.7. The van der Waals surface area contributed by atoms with Gasteiger partial charge in [-0.25, -0.2) is 4.98 Å². The molecule has 0 saturated carbocycles. The molecule has 2 aromatic heterocycles. The van der Waals surface area contributed by atoms with Gasteiger partial charge in [-0.1, -0.05) is 6.07 Å². The van der Waals surface area contributed by atoms with Crippen molar-refractivity contribution in [2.75, 3.05) is 20.7 Å². The number of hydrogen-bond acceptors (Lipinski definition) is 6. The van der Waals surface area contributed by atoms with Crippen LogP contribution >= 0.6 is 0 Å². The first-order valence-corrected chi connectivity index (χ1v) is 9.29. The summed E-state index contributed by atoms with van der Waals surface area (Å²) in [5, 5.41) is 21.6. The van der Waals surface area contributed by atoms with Gasteiger partial charge in [0.2, 0.25) is 5.88 Å². The van der Waals surface area contributed by atoms with Crippen molar-refractivity contribution in [3.05, 3.63) is 41.7 Å². The number of aromatic amines is 1. The van der Waals surface area contributed by atoms with E-state index in [2.05, 4.69) is 25.8 Å². The molecular weight excluding hydrogens is 402 g/mol. The number of hydrogen-bond donors (Lipinski definition) is 4. The maximum absolute atomic E-state index is 12.7. The van der Waals surface area contributed by atoms with Crippen molar-refractivity contribution in [1.29, 1.82) is 0 Å². The number of rotatable bonds is 7. The third kappa shape index (κ3) is 4.32. The topological polar surface area (TPSA) is 146 Å². The average molecular weight is 426 g/mol. The largest absolute Gasteiger partial charge is 0.481 e.